The monoisotopic (exact) mass is 233 g/mol. The fourth-order valence-electron chi connectivity index (χ4n) is 2.55. The average Bonchev–Trinajstić information content (AvgIpc) is 2.38. The molecule has 1 aromatic rings. The Hall–Kier alpha value is -0.960. The first-order valence-corrected chi connectivity index (χ1v) is 6.81. The largest absolute Gasteiger partial charge is 0.310 e. The highest BCUT2D eigenvalue weighted by atomic mass is 14.9. The molecule has 0 unspecified atom stereocenters. The van der Waals surface area contributed by atoms with Crippen molar-refractivity contribution >= 4 is 0 Å². The third-order valence-corrected chi connectivity index (χ3v) is 3.77. The quantitative estimate of drug-likeness (QED) is 0.795. The van der Waals surface area contributed by atoms with Crippen LogP contribution in [0.2, 0.25) is 0 Å². The summed E-state index contributed by atoms with van der Waals surface area (Å²) in [5.41, 5.74) is 0. The van der Waals surface area contributed by atoms with E-state index < -0.39 is 0 Å². The summed E-state index contributed by atoms with van der Waals surface area (Å²) in [7, 11) is 0. The van der Waals surface area contributed by atoms with E-state index in [-0.39, 0.29) is 0 Å². The zero-order chi connectivity index (χ0) is 11.9. The van der Waals surface area contributed by atoms with E-state index in [1.165, 1.54) is 32.1 Å². The lowest BCUT2D eigenvalue weighted by Crippen LogP contribution is -2.21. The molecule has 3 nitrogen and oxygen atoms in total. The highest BCUT2D eigenvalue weighted by Gasteiger charge is 2.17. The second-order valence-corrected chi connectivity index (χ2v) is 5.26. The molecular weight excluding hydrogens is 210 g/mol. The van der Waals surface area contributed by atoms with Crippen molar-refractivity contribution in [1.29, 1.82) is 0 Å². The van der Waals surface area contributed by atoms with Gasteiger partial charge in [-0.25, -0.2) is 9.97 Å². The number of rotatable bonds is 5. The summed E-state index contributed by atoms with van der Waals surface area (Å²) in [5.74, 6) is 2.79. The van der Waals surface area contributed by atoms with E-state index >= 15 is 0 Å². The maximum Gasteiger partial charge on any atom is 0.141 e. The number of nitrogens with one attached hydrogen (secondary N) is 1. The summed E-state index contributed by atoms with van der Waals surface area (Å²) in [4.78, 5) is 8.40. The molecule has 0 aromatic carbocycles. The lowest BCUT2D eigenvalue weighted by atomic mass is 9.81. The van der Waals surface area contributed by atoms with Gasteiger partial charge in [0.15, 0.2) is 0 Å². The fourth-order valence-corrected chi connectivity index (χ4v) is 2.55. The summed E-state index contributed by atoms with van der Waals surface area (Å²) < 4.78 is 0. The van der Waals surface area contributed by atoms with Crippen LogP contribution in [0.15, 0.2) is 18.5 Å². The van der Waals surface area contributed by atoms with Gasteiger partial charge in [-0.05, 0) is 30.9 Å². The van der Waals surface area contributed by atoms with E-state index in [4.69, 9.17) is 0 Å². The van der Waals surface area contributed by atoms with Gasteiger partial charge in [0.2, 0.25) is 0 Å². The Morgan fingerprint density at radius 3 is 2.59 bits per heavy atom. The third kappa shape index (κ3) is 4.43. The minimum Gasteiger partial charge on any atom is -0.310 e. The van der Waals surface area contributed by atoms with Crippen molar-refractivity contribution in [2.24, 2.45) is 11.8 Å². The average molecular weight is 233 g/mol. The molecule has 1 heterocycles. The van der Waals surface area contributed by atoms with E-state index in [0.717, 1.165) is 30.7 Å². The van der Waals surface area contributed by atoms with Crippen molar-refractivity contribution in [3.63, 3.8) is 0 Å². The van der Waals surface area contributed by atoms with E-state index in [2.05, 4.69) is 22.2 Å². The second-order valence-electron chi connectivity index (χ2n) is 5.26. The molecule has 0 bridgehead atoms. The molecular formula is C14H23N3. The molecule has 1 fully saturated rings. The standard InChI is InChI=1S/C14H23N3/c1-12-3-5-13(6-4-12)7-10-15-11-14-16-8-2-9-17-14/h2,8-9,12-13,15H,3-7,10-11H2,1H3. The van der Waals surface area contributed by atoms with Gasteiger partial charge in [0.05, 0.1) is 6.54 Å². The van der Waals surface area contributed by atoms with Gasteiger partial charge in [-0.3, -0.25) is 0 Å². The predicted molar refractivity (Wildman–Crippen MR) is 69.5 cm³/mol. The van der Waals surface area contributed by atoms with Crippen molar-refractivity contribution in [3.05, 3.63) is 24.3 Å². The molecule has 1 N–H and O–H groups in total. The van der Waals surface area contributed by atoms with Crippen LogP contribution in [0.25, 0.3) is 0 Å². The number of aromatic nitrogens is 2. The number of hydrogen-bond donors (Lipinski definition) is 1. The van der Waals surface area contributed by atoms with Crippen molar-refractivity contribution in [1.82, 2.24) is 15.3 Å². The van der Waals surface area contributed by atoms with Gasteiger partial charge in [-0.15, -0.1) is 0 Å². The molecule has 0 radical (unpaired) electrons. The van der Waals surface area contributed by atoms with Gasteiger partial charge >= 0.3 is 0 Å². The van der Waals surface area contributed by atoms with Crippen LogP contribution in [-0.2, 0) is 6.54 Å². The Morgan fingerprint density at radius 1 is 1.18 bits per heavy atom. The van der Waals surface area contributed by atoms with Crippen LogP contribution >= 0.6 is 0 Å². The Balaban J connectivity index is 1.57. The van der Waals surface area contributed by atoms with Gasteiger partial charge in [0, 0.05) is 12.4 Å². The van der Waals surface area contributed by atoms with Crippen LogP contribution in [0.1, 0.15) is 44.9 Å². The third-order valence-electron chi connectivity index (χ3n) is 3.77. The lowest BCUT2D eigenvalue weighted by Gasteiger charge is -2.26. The van der Waals surface area contributed by atoms with Gasteiger partial charge < -0.3 is 5.32 Å². The first kappa shape index (κ1) is 12.5. The van der Waals surface area contributed by atoms with Gasteiger partial charge in [-0.2, -0.15) is 0 Å². The topological polar surface area (TPSA) is 37.8 Å². The van der Waals surface area contributed by atoms with E-state index in [9.17, 15) is 0 Å². The molecule has 1 aromatic heterocycles. The minimum atomic E-state index is 0.796. The Morgan fingerprint density at radius 2 is 1.88 bits per heavy atom. The molecule has 0 spiro atoms. The van der Waals surface area contributed by atoms with E-state index in [0.29, 0.717) is 0 Å². The highest BCUT2D eigenvalue weighted by molar-refractivity contribution is 4.87. The Labute approximate surface area is 104 Å². The van der Waals surface area contributed by atoms with E-state index in [1.807, 2.05) is 6.07 Å². The van der Waals surface area contributed by atoms with Crippen LogP contribution in [-0.4, -0.2) is 16.5 Å². The SMILES string of the molecule is CC1CCC(CCNCc2ncccn2)CC1. The Kier molecular flexibility index (Phi) is 4.92. The molecule has 2 rings (SSSR count). The summed E-state index contributed by atoms with van der Waals surface area (Å²) >= 11 is 0. The smallest absolute Gasteiger partial charge is 0.141 e. The van der Waals surface area contributed by atoms with Crippen molar-refractivity contribution in [2.75, 3.05) is 6.54 Å². The molecule has 17 heavy (non-hydrogen) atoms. The Bertz CT molecular complexity index is 305. The maximum absolute atomic E-state index is 4.20. The summed E-state index contributed by atoms with van der Waals surface area (Å²) in [6, 6.07) is 1.85. The summed E-state index contributed by atoms with van der Waals surface area (Å²) in [5, 5.41) is 3.44. The van der Waals surface area contributed by atoms with Crippen molar-refractivity contribution in [3.8, 4) is 0 Å². The van der Waals surface area contributed by atoms with Crippen LogP contribution < -0.4 is 5.32 Å². The number of hydrogen-bond acceptors (Lipinski definition) is 3. The highest BCUT2D eigenvalue weighted by Crippen LogP contribution is 2.29. The van der Waals surface area contributed by atoms with Crippen LogP contribution in [0.5, 0.6) is 0 Å². The molecule has 0 aliphatic heterocycles. The van der Waals surface area contributed by atoms with Crippen LogP contribution in [0.3, 0.4) is 0 Å². The van der Waals surface area contributed by atoms with Crippen molar-refractivity contribution in [2.45, 2.75) is 45.6 Å². The van der Waals surface area contributed by atoms with Crippen LogP contribution in [0, 0.1) is 11.8 Å². The minimum absolute atomic E-state index is 0.796. The predicted octanol–water partition coefficient (Wildman–Crippen LogP) is 2.78. The molecule has 1 saturated carbocycles. The number of nitrogens with zero attached hydrogens (tertiary/aromatic N) is 2. The molecule has 1 aliphatic rings. The van der Waals surface area contributed by atoms with Crippen molar-refractivity contribution < 1.29 is 0 Å². The van der Waals surface area contributed by atoms with Gasteiger partial charge in [-0.1, -0.05) is 32.6 Å². The molecule has 0 amide bonds. The van der Waals surface area contributed by atoms with E-state index in [1.54, 1.807) is 12.4 Å². The first-order valence-electron chi connectivity index (χ1n) is 6.81. The fraction of sp³-hybridized carbons (Fsp3) is 0.714. The summed E-state index contributed by atoms with van der Waals surface area (Å²) in [6.45, 7) is 4.27. The molecule has 94 valence electrons. The maximum atomic E-state index is 4.20. The van der Waals surface area contributed by atoms with Gasteiger partial charge in [0.25, 0.3) is 0 Å². The second kappa shape index (κ2) is 6.70. The summed E-state index contributed by atoms with van der Waals surface area (Å²) in [6.07, 6.45) is 10.6. The normalized spacial score (nSPS) is 24.8. The lowest BCUT2D eigenvalue weighted by molar-refractivity contribution is 0.275. The first-order chi connectivity index (χ1) is 8.34. The molecule has 0 atom stereocenters. The zero-order valence-corrected chi connectivity index (χ0v) is 10.7. The zero-order valence-electron chi connectivity index (χ0n) is 10.7. The molecule has 3 heteroatoms. The van der Waals surface area contributed by atoms with Crippen LogP contribution in [0.4, 0.5) is 0 Å². The molecule has 0 saturated heterocycles. The molecule has 1 aliphatic carbocycles. The van der Waals surface area contributed by atoms with Gasteiger partial charge in [0.1, 0.15) is 5.82 Å².